The summed E-state index contributed by atoms with van der Waals surface area (Å²) in [6, 6.07) is 12.9. The van der Waals surface area contributed by atoms with E-state index >= 15 is 0 Å². The van der Waals surface area contributed by atoms with Gasteiger partial charge < -0.3 is 4.74 Å². The highest BCUT2D eigenvalue weighted by atomic mass is 35.5. The number of halogens is 2. The van der Waals surface area contributed by atoms with Crippen molar-refractivity contribution < 1.29 is 13.2 Å². The quantitative estimate of drug-likeness (QED) is 0.750. The van der Waals surface area contributed by atoms with E-state index in [2.05, 4.69) is 17.0 Å². The number of ether oxygens (including phenoxy) is 1. The molecule has 1 saturated heterocycles. The molecule has 2 aromatic carbocycles. The van der Waals surface area contributed by atoms with Gasteiger partial charge in [0.2, 0.25) is 10.0 Å². The summed E-state index contributed by atoms with van der Waals surface area (Å²) in [5, 5.41) is 0.363. The first-order valence-electron chi connectivity index (χ1n) is 8.21. The van der Waals surface area contributed by atoms with Crippen LogP contribution >= 0.6 is 23.2 Å². The van der Waals surface area contributed by atoms with Crippen LogP contribution in [0.25, 0.3) is 0 Å². The molecular formula is C18H20Cl2N2O3S. The van der Waals surface area contributed by atoms with Crippen LogP contribution in [-0.2, 0) is 16.6 Å². The lowest BCUT2D eigenvalue weighted by Crippen LogP contribution is -2.48. The molecule has 5 nitrogen and oxygen atoms in total. The van der Waals surface area contributed by atoms with Crippen molar-refractivity contribution in [3.05, 3.63) is 58.1 Å². The fourth-order valence-electron chi connectivity index (χ4n) is 3.00. The van der Waals surface area contributed by atoms with Gasteiger partial charge in [-0.3, -0.25) is 4.90 Å². The van der Waals surface area contributed by atoms with Gasteiger partial charge in [-0.05, 0) is 17.7 Å². The molecule has 0 unspecified atom stereocenters. The molecule has 0 aliphatic carbocycles. The van der Waals surface area contributed by atoms with Crippen molar-refractivity contribution in [3.8, 4) is 5.75 Å². The van der Waals surface area contributed by atoms with E-state index in [4.69, 9.17) is 27.9 Å². The molecule has 1 aliphatic rings. The summed E-state index contributed by atoms with van der Waals surface area (Å²) < 4.78 is 32.4. The van der Waals surface area contributed by atoms with Gasteiger partial charge in [-0.25, -0.2) is 8.42 Å². The number of piperazine rings is 1. The van der Waals surface area contributed by atoms with Crippen molar-refractivity contribution in [2.45, 2.75) is 11.4 Å². The first-order valence-corrected chi connectivity index (χ1v) is 10.4. The maximum Gasteiger partial charge on any atom is 0.243 e. The number of sulfonamides is 1. The van der Waals surface area contributed by atoms with Crippen LogP contribution in [0.4, 0.5) is 0 Å². The Morgan fingerprint density at radius 2 is 1.58 bits per heavy atom. The Hall–Kier alpha value is -1.31. The van der Waals surface area contributed by atoms with Crippen molar-refractivity contribution in [2.75, 3.05) is 33.3 Å². The maximum absolute atomic E-state index is 12.9. The summed E-state index contributed by atoms with van der Waals surface area (Å²) in [6.45, 7) is 3.01. The molecule has 0 amide bonds. The first-order chi connectivity index (χ1) is 12.4. The van der Waals surface area contributed by atoms with E-state index < -0.39 is 10.0 Å². The van der Waals surface area contributed by atoms with Gasteiger partial charge in [-0.1, -0.05) is 53.5 Å². The van der Waals surface area contributed by atoms with Crippen molar-refractivity contribution in [2.24, 2.45) is 0 Å². The normalized spacial score (nSPS) is 16.6. The topological polar surface area (TPSA) is 49.9 Å². The van der Waals surface area contributed by atoms with Crippen LogP contribution in [0.15, 0.2) is 47.4 Å². The van der Waals surface area contributed by atoms with E-state index in [0.717, 1.165) is 6.54 Å². The fourth-order valence-corrected chi connectivity index (χ4v) is 5.25. The van der Waals surface area contributed by atoms with Gasteiger partial charge in [-0.2, -0.15) is 4.31 Å². The van der Waals surface area contributed by atoms with Crippen LogP contribution in [0.2, 0.25) is 10.0 Å². The molecular weight excluding hydrogens is 395 g/mol. The van der Waals surface area contributed by atoms with Crippen molar-refractivity contribution in [1.82, 2.24) is 9.21 Å². The Morgan fingerprint density at radius 1 is 1.00 bits per heavy atom. The molecule has 1 aliphatic heterocycles. The molecule has 2 aromatic rings. The maximum atomic E-state index is 12.9. The van der Waals surface area contributed by atoms with Crippen molar-refractivity contribution >= 4 is 33.2 Å². The molecule has 8 heteroatoms. The number of hydrogen-bond acceptors (Lipinski definition) is 4. The standard InChI is InChI=1S/C18H20Cl2N2O3S/c1-25-18-16(19)11-15(12-17(18)20)26(23,24)22-9-7-21(8-10-22)13-14-5-3-2-4-6-14/h2-6,11-12H,7-10,13H2,1H3. The highest BCUT2D eigenvalue weighted by Crippen LogP contribution is 2.36. The van der Waals surface area contributed by atoms with E-state index in [-0.39, 0.29) is 20.7 Å². The molecule has 0 atom stereocenters. The number of rotatable bonds is 5. The van der Waals surface area contributed by atoms with Crippen LogP contribution in [-0.4, -0.2) is 50.9 Å². The van der Waals surface area contributed by atoms with Crippen LogP contribution in [0, 0.1) is 0 Å². The second-order valence-electron chi connectivity index (χ2n) is 6.09. The Labute approximate surface area is 164 Å². The number of hydrogen-bond donors (Lipinski definition) is 0. The Kier molecular flexibility index (Phi) is 6.10. The SMILES string of the molecule is COc1c(Cl)cc(S(=O)(=O)N2CCN(Cc3ccccc3)CC2)cc1Cl. The predicted octanol–water partition coefficient (Wildman–Crippen LogP) is 3.51. The molecule has 26 heavy (non-hydrogen) atoms. The molecule has 0 spiro atoms. The molecule has 0 bridgehead atoms. The number of nitrogens with zero attached hydrogens (tertiary/aromatic N) is 2. The van der Waals surface area contributed by atoms with Crippen LogP contribution in [0.3, 0.4) is 0 Å². The largest absolute Gasteiger partial charge is 0.494 e. The van der Waals surface area contributed by atoms with Gasteiger partial charge in [0.25, 0.3) is 0 Å². The van der Waals surface area contributed by atoms with Crippen LogP contribution in [0.5, 0.6) is 5.75 Å². The molecule has 1 fully saturated rings. The van der Waals surface area contributed by atoms with Gasteiger partial charge >= 0.3 is 0 Å². The third kappa shape index (κ3) is 4.15. The van der Waals surface area contributed by atoms with E-state index in [1.54, 1.807) is 0 Å². The second kappa shape index (κ2) is 8.15. The van der Waals surface area contributed by atoms with Gasteiger partial charge in [-0.15, -0.1) is 0 Å². The molecule has 0 N–H and O–H groups in total. The van der Waals surface area contributed by atoms with E-state index in [1.807, 2.05) is 18.2 Å². The minimum atomic E-state index is -3.65. The average Bonchev–Trinajstić information content (AvgIpc) is 2.63. The zero-order chi connectivity index (χ0) is 18.7. The number of benzene rings is 2. The van der Waals surface area contributed by atoms with Crippen molar-refractivity contribution in [3.63, 3.8) is 0 Å². The molecule has 0 radical (unpaired) electrons. The molecule has 0 aromatic heterocycles. The van der Waals surface area contributed by atoms with E-state index in [0.29, 0.717) is 26.2 Å². The Bertz CT molecular complexity index is 844. The predicted molar refractivity (Wildman–Crippen MR) is 103 cm³/mol. The number of methoxy groups -OCH3 is 1. The average molecular weight is 415 g/mol. The summed E-state index contributed by atoms with van der Waals surface area (Å²) >= 11 is 12.2. The molecule has 0 saturated carbocycles. The van der Waals surface area contributed by atoms with Gasteiger partial charge in [0.05, 0.1) is 22.1 Å². The molecule has 3 rings (SSSR count). The zero-order valence-corrected chi connectivity index (χ0v) is 16.7. The Balaban J connectivity index is 1.70. The summed E-state index contributed by atoms with van der Waals surface area (Å²) in [4.78, 5) is 2.33. The zero-order valence-electron chi connectivity index (χ0n) is 14.4. The second-order valence-corrected chi connectivity index (χ2v) is 8.84. The minimum absolute atomic E-state index is 0.0878. The van der Waals surface area contributed by atoms with E-state index in [9.17, 15) is 8.42 Å². The Morgan fingerprint density at radius 3 is 2.12 bits per heavy atom. The minimum Gasteiger partial charge on any atom is -0.494 e. The third-order valence-electron chi connectivity index (χ3n) is 4.39. The van der Waals surface area contributed by atoms with Crippen LogP contribution < -0.4 is 4.74 Å². The van der Waals surface area contributed by atoms with Gasteiger partial charge in [0.15, 0.2) is 5.75 Å². The highest BCUT2D eigenvalue weighted by Gasteiger charge is 2.29. The van der Waals surface area contributed by atoms with Gasteiger partial charge in [0, 0.05) is 32.7 Å². The smallest absolute Gasteiger partial charge is 0.243 e. The lowest BCUT2D eigenvalue weighted by atomic mass is 10.2. The summed E-state index contributed by atoms with van der Waals surface area (Å²) in [5.41, 5.74) is 1.22. The first kappa shape index (κ1) is 19.5. The summed E-state index contributed by atoms with van der Waals surface area (Å²) in [5.74, 6) is 0.278. The lowest BCUT2D eigenvalue weighted by molar-refractivity contribution is 0.181. The summed E-state index contributed by atoms with van der Waals surface area (Å²) in [7, 11) is -2.21. The third-order valence-corrected chi connectivity index (χ3v) is 6.83. The highest BCUT2D eigenvalue weighted by molar-refractivity contribution is 7.89. The lowest BCUT2D eigenvalue weighted by Gasteiger charge is -2.34. The van der Waals surface area contributed by atoms with Crippen molar-refractivity contribution in [1.29, 1.82) is 0 Å². The monoisotopic (exact) mass is 414 g/mol. The molecule has 1 heterocycles. The van der Waals surface area contributed by atoms with E-state index in [1.165, 1.54) is 29.1 Å². The molecule has 140 valence electrons. The van der Waals surface area contributed by atoms with Crippen LogP contribution in [0.1, 0.15) is 5.56 Å². The van der Waals surface area contributed by atoms with Gasteiger partial charge in [0.1, 0.15) is 0 Å². The fraction of sp³-hybridized carbons (Fsp3) is 0.333. The summed E-state index contributed by atoms with van der Waals surface area (Å²) in [6.07, 6.45) is 0.